The van der Waals surface area contributed by atoms with Gasteiger partial charge in [-0.25, -0.2) is 4.79 Å². The fraction of sp³-hybridized carbons (Fsp3) is 0.526. The van der Waals surface area contributed by atoms with E-state index in [1.165, 1.54) is 6.42 Å². The minimum Gasteiger partial charge on any atom is -0.459 e. The Bertz CT molecular complexity index is 827. The highest BCUT2D eigenvalue weighted by atomic mass is 35.5. The first kappa shape index (κ1) is 17.6. The molecule has 2 aliphatic rings. The van der Waals surface area contributed by atoms with Crippen molar-refractivity contribution in [3.63, 3.8) is 0 Å². The van der Waals surface area contributed by atoms with E-state index in [1.54, 1.807) is 7.11 Å². The fourth-order valence-corrected chi connectivity index (χ4v) is 4.47. The van der Waals surface area contributed by atoms with Crippen LogP contribution in [-0.4, -0.2) is 26.3 Å². The summed E-state index contributed by atoms with van der Waals surface area (Å²) in [5, 5.41) is 10.9. The molecule has 1 fully saturated rings. The van der Waals surface area contributed by atoms with E-state index in [0.717, 1.165) is 54.5 Å². The van der Waals surface area contributed by atoms with E-state index in [1.807, 2.05) is 12.1 Å². The zero-order valence-corrected chi connectivity index (χ0v) is 15.7. The van der Waals surface area contributed by atoms with Crippen LogP contribution in [0.15, 0.2) is 16.5 Å². The van der Waals surface area contributed by atoms with Crippen molar-refractivity contribution < 1.29 is 13.9 Å². The van der Waals surface area contributed by atoms with Gasteiger partial charge < -0.3 is 25.1 Å². The van der Waals surface area contributed by atoms with Crippen LogP contribution in [0.3, 0.4) is 0 Å². The first-order valence-corrected chi connectivity index (χ1v) is 9.55. The second kappa shape index (κ2) is 7.10. The molecule has 0 saturated heterocycles. The van der Waals surface area contributed by atoms with Gasteiger partial charge in [0.15, 0.2) is 0 Å². The van der Waals surface area contributed by atoms with Gasteiger partial charge in [0.2, 0.25) is 0 Å². The molecule has 0 radical (unpaired) electrons. The average Bonchev–Trinajstić information content (AvgIpc) is 3.01. The number of ether oxygens (including phenoxy) is 1. The second-order valence-electron chi connectivity index (χ2n) is 7.13. The molecule has 1 saturated carbocycles. The predicted molar refractivity (Wildman–Crippen MR) is 102 cm³/mol. The van der Waals surface area contributed by atoms with E-state index in [9.17, 15) is 4.79 Å². The average molecular weight is 378 g/mol. The molecule has 1 aliphatic carbocycles. The van der Waals surface area contributed by atoms with E-state index < -0.39 is 5.54 Å². The number of hydrogen-bond acceptors (Lipinski definition) is 4. The number of rotatable bonds is 5. The standard InChI is InChI=1S/C19H24ClN3O3/c1-25-8-7-21-11-13-9-12-10-14(20)16-15(17(12)26-13)19(23-18(24)22-16)5-3-2-4-6-19/h9-10,21H,2-8,11H2,1H3,(H2,22,23,24). The summed E-state index contributed by atoms with van der Waals surface area (Å²) in [6.07, 6.45) is 5.17. The molecule has 0 bridgehead atoms. The molecule has 0 atom stereocenters. The Morgan fingerprint density at radius 1 is 1.31 bits per heavy atom. The maximum absolute atomic E-state index is 12.3. The summed E-state index contributed by atoms with van der Waals surface area (Å²) in [6.45, 7) is 2.03. The third-order valence-corrected chi connectivity index (χ3v) is 5.67. The van der Waals surface area contributed by atoms with Gasteiger partial charge in [-0.15, -0.1) is 0 Å². The van der Waals surface area contributed by atoms with Crippen LogP contribution < -0.4 is 16.0 Å². The van der Waals surface area contributed by atoms with Crippen molar-refractivity contribution >= 4 is 34.3 Å². The lowest BCUT2D eigenvalue weighted by Crippen LogP contribution is -2.52. The monoisotopic (exact) mass is 377 g/mol. The van der Waals surface area contributed by atoms with Gasteiger partial charge in [0.25, 0.3) is 0 Å². The lowest BCUT2D eigenvalue weighted by atomic mass is 9.74. The second-order valence-corrected chi connectivity index (χ2v) is 7.54. The van der Waals surface area contributed by atoms with Crippen LogP contribution in [0, 0.1) is 0 Å². The van der Waals surface area contributed by atoms with Crippen molar-refractivity contribution in [1.82, 2.24) is 10.6 Å². The topological polar surface area (TPSA) is 75.5 Å². The van der Waals surface area contributed by atoms with Gasteiger partial charge in [-0.1, -0.05) is 30.9 Å². The van der Waals surface area contributed by atoms with Crippen LogP contribution in [0.5, 0.6) is 0 Å². The van der Waals surface area contributed by atoms with Gasteiger partial charge in [-0.05, 0) is 25.0 Å². The Hall–Kier alpha value is -1.76. The van der Waals surface area contributed by atoms with Crippen LogP contribution in [0.4, 0.5) is 10.5 Å². The van der Waals surface area contributed by atoms with E-state index in [0.29, 0.717) is 23.9 Å². The summed E-state index contributed by atoms with van der Waals surface area (Å²) in [5.74, 6) is 0.850. The molecular weight excluding hydrogens is 354 g/mol. The fourth-order valence-electron chi connectivity index (χ4n) is 4.21. The first-order valence-electron chi connectivity index (χ1n) is 9.17. The number of fused-ring (bicyclic) bond motifs is 4. The molecule has 7 heteroatoms. The highest BCUT2D eigenvalue weighted by molar-refractivity contribution is 6.35. The van der Waals surface area contributed by atoms with Crippen LogP contribution in [0.2, 0.25) is 5.02 Å². The van der Waals surface area contributed by atoms with Gasteiger partial charge in [-0.2, -0.15) is 0 Å². The van der Waals surface area contributed by atoms with Crippen LogP contribution >= 0.6 is 11.6 Å². The minimum absolute atomic E-state index is 0.186. The maximum Gasteiger partial charge on any atom is 0.319 e. The third-order valence-electron chi connectivity index (χ3n) is 5.37. The zero-order chi connectivity index (χ0) is 18.1. The Morgan fingerprint density at radius 3 is 2.88 bits per heavy atom. The number of nitrogens with one attached hydrogen (secondary N) is 3. The molecule has 2 heterocycles. The lowest BCUT2D eigenvalue weighted by Gasteiger charge is -2.42. The zero-order valence-electron chi connectivity index (χ0n) is 14.9. The summed E-state index contributed by atoms with van der Waals surface area (Å²) >= 11 is 6.53. The molecule has 6 nitrogen and oxygen atoms in total. The van der Waals surface area contributed by atoms with Crippen molar-refractivity contribution in [1.29, 1.82) is 0 Å². The SMILES string of the molecule is COCCNCc1cc2cc(Cl)c3c(c2o1)C1(CCCCC1)NC(=O)N3. The van der Waals surface area contributed by atoms with Crippen molar-refractivity contribution in [2.45, 2.75) is 44.2 Å². The highest BCUT2D eigenvalue weighted by Crippen LogP contribution is 2.48. The van der Waals surface area contributed by atoms with E-state index in [-0.39, 0.29) is 6.03 Å². The third kappa shape index (κ3) is 3.06. The van der Waals surface area contributed by atoms with E-state index in [2.05, 4.69) is 16.0 Å². The van der Waals surface area contributed by atoms with E-state index >= 15 is 0 Å². The molecule has 2 amide bonds. The summed E-state index contributed by atoms with van der Waals surface area (Å²) in [5.41, 5.74) is 2.13. The van der Waals surface area contributed by atoms with Crippen LogP contribution in [-0.2, 0) is 16.8 Å². The highest BCUT2D eigenvalue weighted by Gasteiger charge is 2.43. The number of carbonyl (C=O) groups is 1. The number of amides is 2. The normalized spacial score (nSPS) is 18.6. The molecule has 26 heavy (non-hydrogen) atoms. The molecule has 3 N–H and O–H groups in total. The number of halogens is 1. The smallest absolute Gasteiger partial charge is 0.319 e. The van der Waals surface area contributed by atoms with Crippen LogP contribution in [0.25, 0.3) is 11.0 Å². The summed E-state index contributed by atoms with van der Waals surface area (Å²) in [7, 11) is 1.68. The maximum atomic E-state index is 12.3. The van der Waals surface area contributed by atoms with Gasteiger partial charge >= 0.3 is 6.03 Å². The lowest BCUT2D eigenvalue weighted by molar-refractivity contribution is 0.198. The van der Waals surface area contributed by atoms with Gasteiger partial charge in [-0.3, -0.25) is 0 Å². The number of benzene rings is 1. The Balaban J connectivity index is 1.77. The van der Waals surface area contributed by atoms with Crippen molar-refractivity contribution in [3.8, 4) is 0 Å². The molecule has 1 aromatic heterocycles. The number of carbonyl (C=O) groups excluding carboxylic acids is 1. The molecular formula is C19H24ClN3O3. The van der Waals surface area contributed by atoms with Crippen molar-refractivity contribution in [3.05, 3.63) is 28.5 Å². The molecule has 140 valence electrons. The first-order chi connectivity index (χ1) is 12.6. The van der Waals surface area contributed by atoms with Gasteiger partial charge in [0.1, 0.15) is 11.3 Å². The molecule has 4 rings (SSSR count). The Labute approximate surface area is 157 Å². The van der Waals surface area contributed by atoms with Gasteiger partial charge in [0.05, 0.1) is 29.4 Å². The largest absolute Gasteiger partial charge is 0.459 e. The summed E-state index contributed by atoms with van der Waals surface area (Å²) in [4.78, 5) is 12.3. The quantitative estimate of drug-likeness (QED) is 0.685. The Morgan fingerprint density at radius 2 is 2.12 bits per heavy atom. The molecule has 1 aromatic carbocycles. The van der Waals surface area contributed by atoms with Crippen molar-refractivity contribution in [2.24, 2.45) is 0 Å². The minimum atomic E-state index is -0.391. The Kier molecular flexibility index (Phi) is 4.82. The summed E-state index contributed by atoms with van der Waals surface area (Å²) in [6, 6.07) is 3.71. The number of methoxy groups -OCH3 is 1. The van der Waals surface area contributed by atoms with Crippen molar-refractivity contribution in [2.75, 3.05) is 25.6 Å². The number of anilines is 1. The predicted octanol–water partition coefficient (Wildman–Crippen LogP) is 4.12. The summed E-state index contributed by atoms with van der Waals surface area (Å²) < 4.78 is 11.3. The molecule has 1 aliphatic heterocycles. The van der Waals surface area contributed by atoms with Crippen LogP contribution in [0.1, 0.15) is 43.4 Å². The number of furan rings is 1. The molecule has 0 unspecified atom stereocenters. The molecule has 1 spiro atoms. The van der Waals surface area contributed by atoms with Gasteiger partial charge in [0, 0.05) is 24.6 Å². The van der Waals surface area contributed by atoms with E-state index in [4.69, 9.17) is 20.8 Å². The molecule has 2 aromatic rings. The number of urea groups is 1. The number of hydrogen-bond donors (Lipinski definition) is 3.